The molecule has 2 atom stereocenters. The SMILES string of the molecule is CC[C@@H]1CN(C(C)=O)CC[C@@H]1NCc1nccn1Cc1ccccc1. The molecule has 1 saturated heterocycles. The van der Waals surface area contributed by atoms with Gasteiger partial charge >= 0.3 is 0 Å². The van der Waals surface area contributed by atoms with Gasteiger partial charge in [-0.15, -0.1) is 0 Å². The molecule has 0 aliphatic carbocycles. The van der Waals surface area contributed by atoms with E-state index in [-0.39, 0.29) is 5.91 Å². The molecular formula is C20H28N4O. The van der Waals surface area contributed by atoms with Gasteiger partial charge in [-0.05, 0) is 17.9 Å². The molecule has 5 heteroatoms. The van der Waals surface area contributed by atoms with Crippen molar-refractivity contribution in [1.29, 1.82) is 0 Å². The van der Waals surface area contributed by atoms with Gasteiger partial charge in [-0.3, -0.25) is 4.79 Å². The molecule has 5 nitrogen and oxygen atoms in total. The van der Waals surface area contributed by atoms with Crippen LogP contribution >= 0.6 is 0 Å². The molecule has 1 aliphatic heterocycles. The van der Waals surface area contributed by atoms with E-state index in [0.717, 1.165) is 44.8 Å². The Bertz CT molecular complexity index is 682. The van der Waals surface area contributed by atoms with Crippen LogP contribution in [-0.4, -0.2) is 39.5 Å². The second-order valence-electron chi connectivity index (χ2n) is 6.87. The average Bonchev–Trinajstić information content (AvgIpc) is 3.07. The van der Waals surface area contributed by atoms with Crippen molar-refractivity contribution in [2.45, 2.75) is 45.8 Å². The summed E-state index contributed by atoms with van der Waals surface area (Å²) in [6, 6.07) is 10.9. The molecule has 1 amide bonds. The van der Waals surface area contributed by atoms with E-state index in [4.69, 9.17) is 0 Å². The number of hydrogen-bond donors (Lipinski definition) is 1. The van der Waals surface area contributed by atoms with Crippen molar-refractivity contribution in [1.82, 2.24) is 19.8 Å². The molecule has 1 aliphatic rings. The second kappa shape index (κ2) is 8.30. The van der Waals surface area contributed by atoms with Gasteiger partial charge in [-0.2, -0.15) is 0 Å². The Hall–Kier alpha value is -2.14. The predicted octanol–water partition coefficient (Wildman–Crippen LogP) is 2.67. The van der Waals surface area contributed by atoms with Gasteiger partial charge < -0.3 is 14.8 Å². The summed E-state index contributed by atoms with van der Waals surface area (Å²) in [6.07, 6.45) is 6.01. The van der Waals surface area contributed by atoms with Crippen molar-refractivity contribution in [3.63, 3.8) is 0 Å². The van der Waals surface area contributed by atoms with Gasteiger partial charge in [-0.25, -0.2) is 4.98 Å². The van der Waals surface area contributed by atoms with Gasteiger partial charge in [0.05, 0.1) is 6.54 Å². The Labute approximate surface area is 150 Å². The van der Waals surface area contributed by atoms with Crippen LogP contribution in [0.3, 0.4) is 0 Å². The molecule has 1 aromatic heterocycles. The predicted molar refractivity (Wildman–Crippen MR) is 99.1 cm³/mol. The minimum absolute atomic E-state index is 0.190. The quantitative estimate of drug-likeness (QED) is 0.879. The summed E-state index contributed by atoms with van der Waals surface area (Å²) < 4.78 is 2.20. The number of nitrogens with zero attached hydrogens (tertiary/aromatic N) is 3. The van der Waals surface area contributed by atoms with Crippen molar-refractivity contribution >= 4 is 5.91 Å². The molecular weight excluding hydrogens is 312 g/mol. The van der Waals surface area contributed by atoms with Crippen molar-refractivity contribution in [2.75, 3.05) is 13.1 Å². The van der Waals surface area contributed by atoms with Crippen LogP contribution in [0.5, 0.6) is 0 Å². The molecule has 1 N–H and O–H groups in total. The van der Waals surface area contributed by atoms with Crippen LogP contribution < -0.4 is 5.32 Å². The molecule has 3 rings (SSSR count). The van der Waals surface area contributed by atoms with Crippen molar-refractivity contribution in [2.24, 2.45) is 5.92 Å². The second-order valence-corrected chi connectivity index (χ2v) is 6.87. The van der Waals surface area contributed by atoms with E-state index in [0.29, 0.717) is 12.0 Å². The summed E-state index contributed by atoms with van der Waals surface area (Å²) in [6.45, 7) is 7.20. The fourth-order valence-corrected chi connectivity index (χ4v) is 3.65. The van der Waals surface area contributed by atoms with Crippen LogP contribution in [0.25, 0.3) is 0 Å². The third kappa shape index (κ3) is 4.48. The Morgan fingerprint density at radius 3 is 2.84 bits per heavy atom. The van der Waals surface area contributed by atoms with Gasteiger partial charge in [0.1, 0.15) is 5.82 Å². The van der Waals surface area contributed by atoms with E-state index in [2.05, 4.69) is 46.1 Å². The molecule has 134 valence electrons. The fraction of sp³-hybridized carbons (Fsp3) is 0.500. The van der Waals surface area contributed by atoms with Crippen LogP contribution in [0.4, 0.5) is 0 Å². The minimum Gasteiger partial charge on any atom is -0.343 e. The lowest BCUT2D eigenvalue weighted by Crippen LogP contribution is -2.50. The van der Waals surface area contributed by atoms with E-state index in [1.54, 1.807) is 6.92 Å². The highest BCUT2D eigenvalue weighted by atomic mass is 16.2. The number of imidazole rings is 1. The van der Waals surface area contributed by atoms with E-state index < -0.39 is 0 Å². The van der Waals surface area contributed by atoms with Crippen molar-refractivity contribution in [3.8, 4) is 0 Å². The monoisotopic (exact) mass is 340 g/mol. The average molecular weight is 340 g/mol. The molecule has 0 saturated carbocycles. The smallest absolute Gasteiger partial charge is 0.219 e. The van der Waals surface area contributed by atoms with Crippen LogP contribution in [0.15, 0.2) is 42.7 Å². The zero-order valence-corrected chi connectivity index (χ0v) is 15.2. The summed E-state index contributed by atoms with van der Waals surface area (Å²) >= 11 is 0. The number of carbonyl (C=O) groups is 1. The van der Waals surface area contributed by atoms with Gasteiger partial charge in [0.25, 0.3) is 0 Å². The summed E-state index contributed by atoms with van der Waals surface area (Å²) in [5.74, 6) is 1.76. The number of piperidine rings is 1. The summed E-state index contributed by atoms with van der Waals surface area (Å²) in [5, 5.41) is 3.69. The van der Waals surface area contributed by atoms with Crippen molar-refractivity contribution in [3.05, 3.63) is 54.1 Å². The highest BCUT2D eigenvalue weighted by Crippen LogP contribution is 2.21. The normalized spacial score (nSPS) is 20.6. The Morgan fingerprint density at radius 2 is 2.12 bits per heavy atom. The first kappa shape index (κ1) is 17.7. The van der Waals surface area contributed by atoms with Gasteiger partial charge in [0.15, 0.2) is 0 Å². The first-order chi connectivity index (χ1) is 12.2. The molecule has 0 spiro atoms. The van der Waals surface area contributed by atoms with E-state index >= 15 is 0 Å². The third-order valence-electron chi connectivity index (χ3n) is 5.22. The van der Waals surface area contributed by atoms with E-state index in [1.165, 1.54) is 5.56 Å². The van der Waals surface area contributed by atoms with E-state index in [1.807, 2.05) is 23.4 Å². The minimum atomic E-state index is 0.190. The van der Waals surface area contributed by atoms with Gasteiger partial charge in [0, 0.05) is 45.0 Å². The van der Waals surface area contributed by atoms with Gasteiger partial charge in [0.2, 0.25) is 5.91 Å². The number of aromatic nitrogens is 2. The number of benzene rings is 1. The Balaban J connectivity index is 1.59. The van der Waals surface area contributed by atoms with Crippen LogP contribution in [0, 0.1) is 5.92 Å². The number of likely N-dealkylation sites (tertiary alicyclic amines) is 1. The maximum Gasteiger partial charge on any atom is 0.219 e. The molecule has 1 fully saturated rings. The third-order valence-corrected chi connectivity index (χ3v) is 5.22. The van der Waals surface area contributed by atoms with Crippen molar-refractivity contribution < 1.29 is 4.79 Å². The molecule has 0 radical (unpaired) electrons. The van der Waals surface area contributed by atoms with Crippen LogP contribution in [0.1, 0.15) is 38.1 Å². The zero-order chi connectivity index (χ0) is 17.6. The molecule has 0 bridgehead atoms. The number of hydrogen-bond acceptors (Lipinski definition) is 3. The van der Waals surface area contributed by atoms with E-state index in [9.17, 15) is 4.79 Å². The highest BCUT2D eigenvalue weighted by molar-refractivity contribution is 5.73. The molecule has 2 heterocycles. The number of carbonyl (C=O) groups excluding carboxylic acids is 1. The lowest BCUT2D eigenvalue weighted by molar-refractivity contribution is -0.131. The summed E-state index contributed by atoms with van der Waals surface area (Å²) in [4.78, 5) is 18.1. The summed E-state index contributed by atoms with van der Waals surface area (Å²) in [7, 11) is 0. The Kier molecular flexibility index (Phi) is 5.87. The van der Waals surface area contributed by atoms with Gasteiger partial charge in [-0.1, -0.05) is 43.7 Å². The highest BCUT2D eigenvalue weighted by Gasteiger charge is 2.28. The largest absolute Gasteiger partial charge is 0.343 e. The first-order valence-corrected chi connectivity index (χ1v) is 9.20. The lowest BCUT2D eigenvalue weighted by atomic mass is 9.90. The number of nitrogens with one attached hydrogen (secondary N) is 1. The maximum atomic E-state index is 11.6. The molecule has 2 aromatic rings. The summed E-state index contributed by atoms with van der Waals surface area (Å²) in [5.41, 5.74) is 1.28. The number of rotatable bonds is 6. The van der Waals surface area contributed by atoms with Crippen LogP contribution in [0.2, 0.25) is 0 Å². The molecule has 25 heavy (non-hydrogen) atoms. The van der Waals surface area contributed by atoms with Crippen LogP contribution in [-0.2, 0) is 17.9 Å². The fourth-order valence-electron chi connectivity index (χ4n) is 3.65. The Morgan fingerprint density at radius 1 is 1.32 bits per heavy atom. The zero-order valence-electron chi connectivity index (χ0n) is 15.2. The molecule has 1 aromatic carbocycles. The maximum absolute atomic E-state index is 11.6. The molecule has 0 unspecified atom stereocenters. The lowest BCUT2D eigenvalue weighted by Gasteiger charge is -2.38. The number of amides is 1. The standard InChI is InChI=1S/C20H28N4O/c1-3-18-15-23(16(2)25)11-9-19(18)22-13-20-21-10-12-24(20)14-17-7-5-4-6-8-17/h4-8,10,12,18-19,22H,3,9,11,13-15H2,1-2H3/t18-,19+/m1/s1. The topological polar surface area (TPSA) is 50.2 Å². The first-order valence-electron chi connectivity index (χ1n) is 9.20.